The molecule has 1 fully saturated rings. The molecule has 2 aromatic carbocycles. The molecule has 1 aliphatic rings. The van der Waals surface area contributed by atoms with Crippen LogP contribution in [0.3, 0.4) is 0 Å². The number of rotatable bonds is 4. The average molecular weight is 568 g/mol. The Morgan fingerprint density at radius 1 is 1.20 bits per heavy atom. The van der Waals surface area contributed by atoms with Gasteiger partial charge >= 0.3 is 6.18 Å². The lowest BCUT2D eigenvalue weighted by Gasteiger charge is -2.11. The molecule has 3 N–H and O–H groups in total. The summed E-state index contributed by atoms with van der Waals surface area (Å²) in [5, 5.41) is 7.42. The van der Waals surface area contributed by atoms with Gasteiger partial charge in [0.15, 0.2) is 5.65 Å². The normalized spacial score (nSPS) is 15.7. The molecule has 1 atom stereocenters. The van der Waals surface area contributed by atoms with E-state index < -0.39 is 22.7 Å². The monoisotopic (exact) mass is 567 g/mol. The zero-order valence-electron chi connectivity index (χ0n) is 21.7. The third-order valence-electron chi connectivity index (χ3n) is 6.82. The van der Waals surface area contributed by atoms with E-state index in [1.54, 1.807) is 18.2 Å². The Hall–Kier alpha value is -4.14. The van der Waals surface area contributed by atoms with Crippen molar-refractivity contribution in [3.8, 4) is 11.8 Å². The summed E-state index contributed by atoms with van der Waals surface area (Å²) in [5.74, 6) is 6.17. The summed E-state index contributed by atoms with van der Waals surface area (Å²) < 4.78 is 41.5. The van der Waals surface area contributed by atoms with Crippen molar-refractivity contribution in [1.82, 2.24) is 24.6 Å². The van der Waals surface area contributed by atoms with Crippen molar-refractivity contribution in [2.75, 3.05) is 31.2 Å². The maximum absolute atomic E-state index is 13.2. The highest BCUT2D eigenvalue weighted by molar-refractivity contribution is 6.31. The Morgan fingerprint density at radius 3 is 2.73 bits per heavy atom. The number of amides is 1. The molecule has 8 nitrogen and oxygen atoms in total. The number of nitrogens with one attached hydrogen (secondary N) is 1. The molecular formula is C28H25ClF3N7O. The summed E-state index contributed by atoms with van der Waals surface area (Å²) in [6.07, 6.45) is -2.22. The van der Waals surface area contributed by atoms with Crippen LogP contribution in [0.4, 0.5) is 24.7 Å². The van der Waals surface area contributed by atoms with E-state index in [2.05, 4.69) is 39.1 Å². The van der Waals surface area contributed by atoms with E-state index >= 15 is 0 Å². The van der Waals surface area contributed by atoms with Gasteiger partial charge in [-0.1, -0.05) is 23.6 Å². The number of aryl methyl sites for hydroxylation is 1. The molecule has 5 rings (SSSR count). The summed E-state index contributed by atoms with van der Waals surface area (Å²) in [7, 11) is 2.09. The largest absolute Gasteiger partial charge is 0.417 e. The molecule has 4 aromatic rings. The molecule has 1 saturated heterocycles. The first kappa shape index (κ1) is 27.4. The summed E-state index contributed by atoms with van der Waals surface area (Å²) >= 11 is 5.67. The first-order valence-electron chi connectivity index (χ1n) is 12.5. The molecule has 1 unspecified atom stereocenters. The second kappa shape index (κ2) is 10.8. The Morgan fingerprint density at radius 2 is 2.00 bits per heavy atom. The standard InChI is InChI=1S/C28H25ClF3N7O/c1-16-3-6-20(36-27(40)19-4-7-22(29)21(12-19)28(30,31)32)11-18(16)5-8-23-24-25(33)34-15-35-26(24)39(37-23)14-17-9-10-38(2)13-17/h3-4,6-7,11-12,15,17H,9-10,13-14H2,1-2H3,(H,36,40)(H2,33,34,35). The Balaban J connectivity index is 1.42. The number of fused-ring (bicyclic) bond motifs is 1. The highest BCUT2D eigenvalue weighted by atomic mass is 35.5. The molecule has 12 heteroatoms. The van der Waals surface area contributed by atoms with Crippen LogP contribution in [-0.2, 0) is 12.7 Å². The van der Waals surface area contributed by atoms with Crippen LogP contribution in [0, 0.1) is 24.7 Å². The van der Waals surface area contributed by atoms with E-state index in [-0.39, 0.29) is 11.4 Å². The molecular weight excluding hydrogens is 543 g/mol. The van der Waals surface area contributed by atoms with Crippen LogP contribution in [0.5, 0.6) is 0 Å². The Labute approximate surface area is 233 Å². The molecule has 1 aliphatic heterocycles. The maximum Gasteiger partial charge on any atom is 0.417 e. The summed E-state index contributed by atoms with van der Waals surface area (Å²) in [5.41, 5.74) is 7.77. The van der Waals surface area contributed by atoms with E-state index in [1.807, 2.05) is 11.6 Å². The van der Waals surface area contributed by atoms with Crippen LogP contribution in [0.15, 0.2) is 42.7 Å². The quantitative estimate of drug-likeness (QED) is 0.337. The van der Waals surface area contributed by atoms with Crippen LogP contribution in [0.1, 0.15) is 39.2 Å². The number of nitrogens with two attached hydrogens (primary N) is 1. The second-order valence-electron chi connectivity index (χ2n) is 9.83. The molecule has 2 aromatic heterocycles. The first-order chi connectivity index (χ1) is 19.0. The molecule has 0 radical (unpaired) electrons. The summed E-state index contributed by atoms with van der Waals surface area (Å²) in [6, 6.07) is 8.06. The minimum absolute atomic E-state index is 0.175. The Bertz CT molecular complexity index is 1670. The predicted molar refractivity (Wildman–Crippen MR) is 147 cm³/mol. The summed E-state index contributed by atoms with van der Waals surface area (Å²) in [6.45, 7) is 4.53. The minimum atomic E-state index is -4.68. The molecule has 0 aliphatic carbocycles. The van der Waals surface area contributed by atoms with Gasteiger partial charge in [0, 0.05) is 29.9 Å². The smallest absolute Gasteiger partial charge is 0.383 e. The van der Waals surface area contributed by atoms with Crippen LogP contribution < -0.4 is 11.1 Å². The molecule has 206 valence electrons. The van der Waals surface area contributed by atoms with Crippen molar-refractivity contribution in [2.24, 2.45) is 5.92 Å². The van der Waals surface area contributed by atoms with Gasteiger partial charge in [-0.05, 0) is 74.7 Å². The van der Waals surface area contributed by atoms with Crippen molar-refractivity contribution >= 4 is 40.0 Å². The number of carbonyl (C=O) groups is 1. The lowest BCUT2D eigenvalue weighted by Crippen LogP contribution is -2.17. The molecule has 3 heterocycles. The van der Waals surface area contributed by atoms with Crippen molar-refractivity contribution in [2.45, 2.75) is 26.1 Å². The molecule has 40 heavy (non-hydrogen) atoms. The predicted octanol–water partition coefficient (Wildman–Crippen LogP) is 4.99. The minimum Gasteiger partial charge on any atom is -0.383 e. The van der Waals surface area contributed by atoms with Crippen molar-refractivity contribution < 1.29 is 18.0 Å². The third kappa shape index (κ3) is 5.73. The lowest BCUT2D eigenvalue weighted by molar-refractivity contribution is -0.137. The SMILES string of the molecule is Cc1ccc(NC(=O)c2ccc(Cl)c(C(F)(F)F)c2)cc1C#Cc1nn(CC2CCN(C)C2)c2ncnc(N)c12. The zero-order valence-corrected chi connectivity index (χ0v) is 22.4. The number of benzene rings is 2. The van der Waals surface area contributed by atoms with Crippen molar-refractivity contribution in [3.63, 3.8) is 0 Å². The third-order valence-corrected chi connectivity index (χ3v) is 7.15. The fourth-order valence-corrected chi connectivity index (χ4v) is 4.94. The fourth-order valence-electron chi connectivity index (χ4n) is 4.71. The number of halogens is 4. The highest BCUT2D eigenvalue weighted by Gasteiger charge is 2.34. The number of hydrogen-bond donors (Lipinski definition) is 2. The van der Waals surface area contributed by atoms with Gasteiger partial charge in [-0.15, -0.1) is 0 Å². The molecule has 0 bridgehead atoms. The van der Waals surface area contributed by atoms with Crippen LogP contribution >= 0.6 is 11.6 Å². The van der Waals surface area contributed by atoms with Crippen LogP contribution in [0.25, 0.3) is 11.0 Å². The topological polar surface area (TPSA) is 102 Å². The summed E-state index contributed by atoms with van der Waals surface area (Å²) in [4.78, 5) is 23.5. The number of alkyl halides is 3. The number of hydrogen-bond acceptors (Lipinski definition) is 6. The van der Waals surface area contributed by atoms with Gasteiger partial charge in [0.1, 0.15) is 17.8 Å². The fraction of sp³-hybridized carbons (Fsp3) is 0.286. The molecule has 0 spiro atoms. The Kier molecular flexibility index (Phi) is 7.40. The number of nitrogens with zero attached hydrogens (tertiary/aromatic N) is 5. The first-order valence-corrected chi connectivity index (χ1v) is 12.8. The van der Waals surface area contributed by atoms with E-state index in [0.717, 1.165) is 37.2 Å². The van der Waals surface area contributed by atoms with Gasteiger partial charge in [-0.25, -0.2) is 14.6 Å². The van der Waals surface area contributed by atoms with Crippen LogP contribution in [0.2, 0.25) is 5.02 Å². The number of anilines is 2. The van der Waals surface area contributed by atoms with Crippen LogP contribution in [-0.4, -0.2) is 50.7 Å². The number of likely N-dealkylation sites (tertiary alicyclic amines) is 1. The van der Waals surface area contributed by atoms with Gasteiger partial charge in [-0.2, -0.15) is 18.3 Å². The maximum atomic E-state index is 13.2. The number of nitrogen functional groups attached to an aromatic ring is 1. The lowest BCUT2D eigenvalue weighted by atomic mass is 10.1. The van der Waals surface area contributed by atoms with Gasteiger partial charge in [0.2, 0.25) is 0 Å². The van der Waals surface area contributed by atoms with Gasteiger partial charge in [0.25, 0.3) is 5.91 Å². The van der Waals surface area contributed by atoms with E-state index in [1.165, 1.54) is 12.4 Å². The number of carbonyl (C=O) groups excluding carboxylic acids is 1. The highest BCUT2D eigenvalue weighted by Crippen LogP contribution is 2.35. The van der Waals surface area contributed by atoms with Gasteiger partial charge in [-0.3, -0.25) is 4.79 Å². The van der Waals surface area contributed by atoms with Gasteiger partial charge in [0.05, 0.1) is 16.0 Å². The van der Waals surface area contributed by atoms with E-state index in [9.17, 15) is 18.0 Å². The van der Waals surface area contributed by atoms with E-state index in [4.69, 9.17) is 22.4 Å². The number of aromatic nitrogens is 4. The second-order valence-corrected chi connectivity index (χ2v) is 10.2. The van der Waals surface area contributed by atoms with Gasteiger partial charge < -0.3 is 16.0 Å². The average Bonchev–Trinajstić information content (AvgIpc) is 3.47. The molecule has 0 saturated carbocycles. The van der Waals surface area contributed by atoms with Crippen molar-refractivity contribution in [1.29, 1.82) is 0 Å². The van der Waals surface area contributed by atoms with Crippen molar-refractivity contribution in [3.05, 3.63) is 75.7 Å². The van der Waals surface area contributed by atoms with E-state index in [0.29, 0.717) is 40.4 Å². The zero-order chi connectivity index (χ0) is 28.6. The molecule has 1 amide bonds.